The summed E-state index contributed by atoms with van der Waals surface area (Å²) in [6, 6.07) is 10.3. The summed E-state index contributed by atoms with van der Waals surface area (Å²) in [6.45, 7) is 0.914. The lowest BCUT2D eigenvalue weighted by Gasteiger charge is -2.23. The fourth-order valence-electron chi connectivity index (χ4n) is 3.57. The predicted molar refractivity (Wildman–Crippen MR) is 127 cm³/mol. The summed E-state index contributed by atoms with van der Waals surface area (Å²) in [6.07, 6.45) is 1.87. The molecule has 34 heavy (non-hydrogen) atoms. The van der Waals surface area contributed by atoms with Crippen LogP contribution in [0.25, 0.3) is 11.1 Å². The highest BCUT2D eigenvalue weighted by Gasteiger charge is 2.27. The van der Waals surface area contributed by atoms with Gasteiger partial charge >= 0.3 is 0 Å². The van der Waals surface area contributed by atoms with Gasteiger partial charge in [0.2, 0.25) is 5.91 Å². The van der Waals surface area contributed by atoms with Crippen molar-refractivity contribution in [3.8, 4) is 16.9 Å². The third kappa shape index (κ3) is 4.84. The van der Waals surface area contributed by atoms with Crippen LogP contribution in [-0.4, -0.2) is 43.2 Å². The molecule has 1 aliphatic heterocycles. The Bertz CT molecular complexity index is 1240. The summed E-state index contributed by atoms with van der Waals surface area (Å²) < 4.78 is 25.9. The van der Waals surface area contributed by atoms with Gasteiger partial charge in [-0.3, -0.25) is 14.5 Å². The SMILES string of the molecule is CN(C(=O)c1c(F)cccc1Cl)c1ncc(-c2cc(C(N)=O)ccc2Cl)cc1OC1CCOC1. The van der Waals surface area contributed by atoms with Crippen molar-refractivity contribution in [3.05, 3.63) is 75.7 Å². The van der Waals surface area contributed by atoms with Gasteiger partial charge in [0.1, 0.15) is 11.9 Å². The Morgan fingerprint density at radius 2 is 2.00 bits per heavy atom. The van der Waals surface area contributed by atoms with Crippen molar-refractivity contribution in [2.45, 2.75) is 12.5 Å². The van der Waals surface area contributed by atoms with Gasteiger partial charge in [-0.25, -0.2) is 9.37 Å². The van der Waals surface area contributed by atoms with Crippen molar-refractivity contribution < 1.29 is 23.5 Å². The van der Waals surface area contributed by atoms with E-state index in [0.29, 0.717) is 35.8 Å². The maximum absolute atomic E-state index is 14.4. The van der Waals surface area contributed by atoms with E-state index in [2.05, 4.69) is 4.98 Å². The maximum Gasteiger partial charge on any atom is 0.263 e. The number of rotatable bonds is 6. The Balaban J connectivity index is 1.78. The smallest absolute Gasteiger partial charge is 0.263 e. The molecule has 2 N–H and O–H groups in total. The molecule has 2 aromatic carbocycles. The zero-order chi connectivity index (χ0) is 24.4. The van der Waals surface area contributed by atoms with E-state index in [0.717, 1.165) is 6.07 Å². The Morgan fingerprint density at radius 1 is 1.21 bits per heavy atom. The van der Waals surface area contributed by atoms with Gasteiger partial charge in [0, 0.05) is 41.4 Å². The van der Waals surface area contributed by atoms with Crippen LogP contribution in [0.1, 0.15) is 27.1 Å². The second kappa shape index (κ2) is 9.97. The zero-order valence-corrected chi connectivity index (χ0v) is 19.6. The van der Waals surface area contributed by atoms with Gasteiger partial charge < -0.3 is 15.2 Å². The summed E-state index contributed by atoms with van der Waals surface area (Å²) in [5, 5.41) is 0.354. The first-order valence-corrected chi connectivity index (χ1v) is 11.1. The second-order valence-electron chi connectivity index (χ2n) is 7.67. The van der Waals surface area contributed by atoms with Crippen molar-refractivity contribution in [1.82, 2.24) is 4.98 Å². The molecule has 1 fully saturated rings. The maximum atomic E-state index is 14.4. The first-order valence-electron chi connectivity index (χ1n) is 10.3. The molecule has 7 nitrogen and oxygen atoms in total. The van der Waals surface area contributed by atoms with Crippen LogP contribution in [-0.2, 0) is 4.74 Å². The quantitative estimate of drug-likeness (QED) is 0.524. The Kier molecular flexibility index (Phi) is 7.02. The molecule has 0 aliphatic carbocycles. The Morgan fingerprint density at radius 3 is 2.68 bits per heavy atom. The van der Waals surface area contributed by atoms with Gasteiger partial charge in [-0.1, -0.05) is 29.3 Å². The standard InChI is InChI=1S/C24H20Cl2FN3O4/c1-30(24(32)21-18(26)3-2-4-19(21)27)23-20(34-15-7-8-33-12-15)10-14(11-29-23)16-9-13(22(28)31)5-6-17(16)25/h2-6,9-11,15H,7-8,12H2,1H3,(H2,28,31). The van der Waals surface area contributed by atoms with Crippen molar-refractivity contribution in [2.24, 2.45) is 5.73 Å². The summed E-state index contributed by atoms with van der Waals surface area (Å²) in [5.41, 5.74) is 6.45. The van der Waals surface area contributed by atoms with Crippen molar-refractivity contribution in [3.63, 3.8) is 0 Å². The normalized spacial score (nSPS) is 15.2. The summed E-state index contributed by atoms with van der Waals surface area (Å²) in [4.78, 5) is 30.3. The number of anilines is 1. The van der Waals surface area contributed by atoms with Crippen LogP contribution in [0, 0.1) is 5.82 Å². The molecule has 1 aromatic heterocycles. The van der Waals surface area contributed by atoms with Gasteiger partial charge in [-0.15, -0.1) is 0 Å². The van der Waals surface area contributed by atoms with E-state index in [-0.39, 0.29) is 33.8 Å². The number of benzene rings is 2. The minimum absolute atomic E-state index is 0.0184. The minimum atomic E-state index is -0.748. The van der Waals surface area contributed by atoms with Gasteiger partial charge in [0.05, 0.1) is 23.8 Å². The number of aromatic nitrogens is 1. The monoisotopic (exact) mass is 503 g/mol. The van der Waals surface area contributed by atoms with Crippen molar-refractivity contribution >= 4 is 40.8 Å². The lowest BCUT2D eigenvalue weighted by molar-refractivity contribution is 0.0982. The number of hydrogen-bond acceptors (Lipinski definition) is 5. The van der Waals surface area contributed by atoms with E-state index in [1.165, 1.54) is 36.3 Å². The minimum Gasteiger partial charge on any atom is -0.484 e. The molecular formula is C24H20Cl2FN3O4. The van der Waals surface area contributed by atoms with E-state index in [1.807, 2.05) is 0 Å². The number of carbonyl (C=O) groups is 2. The average Bonchev–Trinajstić information content (AvgIpc) is 3.31. The molecule has 2 heterocycles. The second-order valence-corrected chi connectivity index (χ2v) is 8.48. The Hall–Kier alpha value is -3.20. The third-order valence-electron chi connectivity index (χ3n) is 5.38. The molecule has 1 saturated heterocycles. The third-order valence-corrected chi connectivity index (χ3v) is 6.02. The number of hydrogen-bond donors (Lipinski definition) is 1. The zero-order valence-electron chi connectivity index (χ0n) is 18.1. The molecule has 1 atom stereocenters. The first-order chi connectivity index (χ1) is 16.3. The molecule has 1 unspecified atom stereocenters. The summed E-state index contributed by atoms with van der Waals surface area (Å²) in [5.74, 6) is -1.62. The topological polar surface area (TPSA) is 94.8 Å². The van der Waals surface area contributed by atoms with Crippen LogP contribution in [0.5, 0.6) is 5.75 Å². The molecule has 2 amide bonds. The molecule has 10 heteroatoms. The largest absolute Gasteiger partial charge is 0.484 e. The number of amides is 2. The van der Waals surface area contributed by atoms with Crippen LogP contribution in [0.15, 0.2) is 48.7 Å². The first kappa shape index (κ1) is 23.9. The van der Waals surface area contributed by atoms with Crippen LogP contribution in [0.4, 0.5) is 10.2 Å². The number of pyridine rings is 1. The average molecular weight is 504 g/mol. The molecule has 176 valence electrons. The molecule has 1 aliphatic rings. The number of nitrogens with zero attached hydrogens (tertiary/aromatic N) is 2. The molecule has 3 aromatic rings. The van der Waals surface area contributed by atoms with E-state index in [1.54, 1.807) is 18.2 Å². The fraction of sp³-hybridized carbons (Fsp3) is 0.208. The number of primary amides is 1. The molecule has 0 spiro atoms. The highest BCUT2D eigenvalue weighted by Crippen LogP contribution is 2.36. The molecule has 4 rings (SSSR count). The van der Waals surface area contributed by atoms with Crippen molar-refractivity contribution in [2.75, 3.05) is 25.2 Å². The number of halogens is 3. The predicted octanol–water partition coefficient (Wildman–Crippen LogP) is 4.74. The summed E-state index contributed by atoms with van der Waals surface area (Å²) >= 11 is 12.5. The lowest BCUT2D eigenvalue weighted by atomic mass is 10.0. The van der Waals surface area contributed by atoms with Crippen LogP contribution in [0.3, 0.4) is 0 Å². The lowest BCUT2D eigenvalue weighted by Crippen LogP contribution is -2.29. The number of carbonyl (C=O) groups excluding carboxylic acids is 2. The van der Waals surface area contributed by atoms with Crippen LogP contribution >= 0.6 is 23.2 Å². The molecule has 0 radical (unpaired) electrons. The highest BCUT2D eigenvalue weighted by atomic mass is 35.5. The molecular weight excluding hydrogens is 484 g/mol. The van der Waals surface area contributed by atoms with E-state index in [9.17, 15) is 14.0 Å². The Labute approximate surface area is 205 Å². The van der Waals surface area contributed by atoms with Crippen molar-refractivity contribution in [1.29, 1.82) is 0 Å². The molecule has 0 saturated carbocycles. The number of ether oxygens (including phenoxy) is 2. The number of nitrogens with two attached hydrogens (primary N) is 1. The van der Waals surface area contributed by atoms with E-state index in [4.69, 9.17) is 38.4 Å². The van der Waals surface area contributed by atoms with E-state index >= 15 is 0 Å². The van der Waals surface area contributed by atoms with Crippen LogP contribution in [0.2, 0.25) is 10.0 Å². The van der Waals surface area contributed by atoms with Gasteiger partial charge in [-0.05, 0) is 36.4 Å². The van der Waals surface area contributed by atoms with E-state index < -0.39 is 17.6 Å². The van der Waals surface area contributed by atoms with Gasteiger partial charge in [0.15, 0.2) is 11.6 Å². The highest BCUT2D eigenvalue weighted by molar-refractivity contribution is 6.34. The van der Waals surface area contributed by atoms with Crippen LogP contribution < -0.4 is 15.4 Å². The van der Waals surface area contributed by atoms with Gasteiger partial charge in [0.25, 0.3) is 5.91 Å². The fourth-order valence-corrected chi connectivity index (χ4v) is 4.04. The molecule has 0 bridgehead atoms. The van der Waals surface area contributed by atoms with Gasteiger partial charge in [-0.2, -0.15) is 0 Å². The summed E-state index contributed by atoms with van der Waals surface area (Å²) in [7, 11) is 1.45.